The number of ether oxygens (including phenoxy) is 1. The summed E-state index contributed by atoms with van der Waals surface area (Å²) in [7, 11) is 0. The number of benzene rings is 1. The Kier molecular flexibility index (Phi) is 5.48. The summed E-state index contributed by atoms with van der Waals surface area (Å²) in [6.07, 6.45) is 0.753. The molecule has 0 saturated carbocycles. The number of hydrogen-bond donors (Lipinski definition) is 3. The number of anilines is 1. The SMILES string of the molecule is CCOc1ccccc1NCCC(C)(C)C(N)=NO. The van der Waals surface area contributed by atoms with Gasteiger partial charge in [0.15, 0.2) is 0 Å². The number of nitrogens with two attached hydrogens (primary N) is 1. The van der Waals surface area contributed by atoms with Crippen LogP contribution >= 0.6 is 0 Å². The van der Waals surface area contributed by atoms with E-state index in [0.717, 1.165) is 17.9 Å². The lowest BCUT2D eigenvalue weighted by molar-refractivity contribution is 0.306. The Balaban J connectivity index is 2.58. The molecule has 1 rings (SSSR count). The van der Waals surface area contributed by atoms with Crippen molar-refractivity contribution in [3.63, 3.8) is 0 Å². The van der Waals surface area contributed by atoms with Crippen molar-refractivity contribution in [3.8, 4) is 5.75 Å². The van der Waals surface area contributed by atoms with Gasteiger partial charge in [-0.2, -0.15) is 0 Å². The fourth-order valence-corrected chi connectivity index (χ4v) is 1.67. The second-order valence-electron chi connectivity index (χ2n) is 4.98. The molecule has 0 fully saturated rings. The molecule has 0 amide bonds. The zero-order chi connectivity index (χ0) is 14.3. The van der Waals surface area contributed by atoms with Crippen molar-refractivity contribution in [3.05, 3.63) is 24.3 Å². The largest absolute Gasteiger partial charge is 0.492 e. The molecule has 0 heterocycles. The smallest absolute Gasteiger partial charge is 0.144 e. The second kappa shape index (κ2) is 6.87. The van der Waals surface area contributed by atoms with E-state index in [1.807, 2.05) is 45.0 Å². The molecule has 1 aromatic carbocycles. The van der Waals surface area contributed by atoms with Crippen LogP contribution in [0.5, 0.6) is 5.75 Å². The van der Waals surface area contributed by atoms with Gasteiger partial charge in [-0.3, -0.25) is 0 Å². The molecule has 0 spiro atoms. The Labute approximate surface area is 114 Å². The number of nitrogens with zero attached hydrogens (tertiary/aromatic N) is 1. The van der Waals surface area contributed by atoms with Gasteiger partial charge in [-0.25, -0.2) is 0 Å². The van der Waals surface area contributed by atoms with Crippen LogP contribution < -0.4 is 15.8 Å². The topological polar surface area (TPSA) is 79.9 Å². The van der Waals surface area contributed by atoms with Crippen molar-refractivity contribution in [2.45, 2.75) is 27.2 Å². The Morgan fingerprint density at radius 3 is 2.74 bits per heavy atom. The van der Waals surface area contributed by atoms with Crippen molar-refractivity contribution in [1.29, 1.82) is 0 Å². The van der Waals surface area contributed by atoms with Gasteiger partial charge < -0.3 is 21.0 Å². The first-order valence-corrected chi connectivity index (χ1v) is 6.45. The van der Waals surface area contributed by atoms with E-state index < -0.39 is 0 Å². The Bertz CT molecular complexity index is 430. The molecular weight excluding hydrogens is 242 g/mol. The minimum absolute atomic E-state index is 0.243. The van der Waals surface area contributed by atoms with E-state index in [-0.39, 0.29) is 11.3 Å². The molecule has 0 saturated heterocycles. The lowest BCUT2D eigenvalue weighted by Crippen LogP contribution is -2.33. The summed E-state index contributed by atoms with van der Waals surface area (Å²) in [6, 6.07) is 7.80. The van der Waals surface area contributed by atoms with Crippen molar-refractivity contribution < 1.29 is 9.94 Å². The van der Waals surface area contributed by atoms with Crippen LogP contribution in [0.1, 0.15) is 27.2 Å². The third-order valence-corrected chi connectivity index (χ3v) is 3.05. The zero-order valence-electron chi connectivity index (χ0n) is 11.8. The minimum Gasteiger partial charge on any atom is -0.492 e. The van der Waals surface area contributed by atoms with Crippen LogP contribution in [0.25, 0.3) is 0 Å². The van der Waals surface area contributed by atoms with Crippen molar-refractivity contribution in [2.75, 3.05) is 18.5 Å². The molecule has 106 valence electrons. The highest BCUT2D eigenvalue weighted by Crippen LogP contribution is 2.25. The fourth-order valence-electron chi connectivity index (χ4n) is 1.67. The average molecular weight is 265 g/mol. The molecule has 0 unspecified atom stereocenters. The van der Waals surface area contributed by atoms with Crippen LogP contribution in [-0.4, -0.2) is 24.2 Å². The predicted molar refractivity (Wildman–Crippen MR) is 77.9 cm³/mol. The molecule has 5 heteroatoms. The highest BCUT2D eigenvalue weighted by Gasteiger charge is 2.23. The summed E-state index contributed by atoms with van der Waals surface area (Å²) in [6.45, 7) is 7.19. The van der Waals surface area contributed by atoms with Gasteiger partial charge in [-0.15, -0.1) is 0 Å². The number of hydrogen-bond acceptors (Lipinski definition) is 4. The lowest BCUT2D eigenvalue weighted by atomic mass is 9.88. The van der Waals surface area contributed by atoms with Crippen molar-refractivity contribution in [2.24, 2.45) is 16.3 Å². The number of nitrogens with one attached hydrogen (secondary N) is 1. The fraction of sp³-hybridized carbons (Fsp3) is 0.500. The molecule has 19 heavy (non-hydrogen) atoms. The third kappa shape index (κ3) is 4.35. The molecule has 0 aromatic heterocycles. The average Bonchev–Trinajstić information content (AvgIpc) is 2.40. The van der Waals surface area contributed by atoms with Crippen LogP contribution in [-0.2, 0) is 0 Å². The maximum Gasteiger partial charge on any atom is 0.144 e. The Hall–Kier alpha value is -1.91. The van der Waals surface area contributed by atoms with E-state index in [9.17, 15) is 0 Å². The lowest BCUT2D eigenvalue weighted by Gasteiger charge is -2.23. The summed E-state index contributed by atoms with van der Waals surface area (Å²) in [4.78, 5) is 0. The number of amidine groups is 1. The molecule has 0 aliphatic rings. The number of para-hydroxylation sites is 2. The van der Waals surface area contributed by atoms with Crippen molar-refractivity contribution >= 4 is 11.5 Å². The third-order valence-electron chi connectivity index (χ3n) is 3.05. The summed E-state index contributed by atoms with van der Waals surface area (Å²) in [5.41, 5.74) is 6.27. The highest BCUT2D eigenvalue weighted by molar-refractivity contribution is 5.85. The van der Waals surface area contributed by atoms with Gasteiger partial charge in [0, 0.05) is 12.0 Å². The van der Waals surface area contributed by atoms with E-state index in [1.165, 1.54) is 0 Å². The summed E-state index contributed by atoms with van der Waals surface area (Å²) in [5.74, 6) is 1.08. The van der Waals surface area contributed by atoms with Gasteiger partial charge in [0.2, 0.25) is 0 Å². The van der Waals surface area contributed by atoms with E-state index in [2.05, 4.69) is 10.5 Å². The maximum atomic E-state index is 8.72. The van der Waals surface area contributed by atoms with Gasteiger partial charge in [0.05, 0.1) is 12.3 Å². The van der Waals surface area contributed by atoms with Gasteiger partial charge in [-0.05, 0) is 25.5 Å². The molecule has 0 aliphatic heterocycles. The minimum atomic E-state index is -0.345. The predicted octanol–water partition coefficient (Wildman–Crippen LogP) is 2.66. The first-order valence-electron chi connectivity index (χ1n) is 6.45. The van der Waals surface area contributed by atoms with Gasteiger partial charge in [0.25, 0.3) is 0 Å². The van der Waals surface area contributed by atoms with Crippen LogP contribution in [0.4, 0.5) is 5.69 Å². The maximum absolute atomic E-state index is 8.72. The summed E-state index contributed by atoms with van der Waals surface area (Å²) in [5, 5.41) is 15.1. The van der Waals surface area contributed by atoms with E-state index in [4.69, 9.17) is 15.7 Å². The zero-order valence-corrected chi connectivity index (χ0v) is 11.8. The molecule has 0 aliphatic carbocycles. The molecule has 0 bridgehead atoms. The molecule has 0 atom stereocenters. The van der Waals surface area contributed by atoms with Crippen LogP contribution in [0.3, 0.4) is 0 Å². The van der Waals surface area contributed by atoms with E-state index in [1.54, 1.807) is 0 Å². The molecule has 0 radical (unpaired) electrons. The molecule has 5 nitrogen and oxygen atoms in total. The highest BCUT2D eigenvalue weighted by atomic mass is 16.5. The number of rotatable bonds is 7. The molecule has 4 N–H and O–H groups in total. The standard InChI is InChI=1S/C14H23N3O2/c1-4-19-12-8-6-5-7-11(12)16-10-9-14(2,3)13(15)17-18/h5-8,16,18H,4,9-10H2,1-3H3,(H2,15,17). The van der Waals surface area contributed by atoms with E-state index >= 15 is 0 Å². The Morgan fingerprint density at radius 2 is 2.11 bits per heavy atom. The first-order chi connectivity index (χ1) is 9.01. The molecule has 1 aromatic rings. The Morgan fingerprint density at radius 1 is 1.42 bits per heavy atom. The quantitative estimate of drug-likeness (QED) is 0.306. The van der Waals surface area contributed by atoms with Crippen LogP contribution in [0.15, 0.2) is 29.4 Å². The number of oxime groups is 1. The normalized spacial score (nSPS) is 12.3. The van der Waals surface area contributed by atoms with E-state index in [0.29, 0.717) is 13.2 Å². The van der Waals surface area contributed by atoms with Gasteiger partial charge in [-0.1, -0.05) is 31.1 Å². The van der Waals surface area contributed by atoms with Gasteiger partial charge in [0.1, 0.15) is 11.6 Å². The second-order valence-corrected chi connectivity index (χ2v) is 4.98. The van der Waals surface area contributed by atoms with Crippen LogP contribution in [0, 0.1) is 5.41 Å². The molecular formula is C14H23N3O2. The van der Waals surface area contributed by atoms with Crippen LogP contribution in [0.2, 0.25) is 0 Å². The summed E-state index contributed by atoms with van der Waals surface area (Å²) < 4.78 is 5.54. The summed E-state index contributed by atoms with van der Waals surface area (Å²) >= 11 is 0. The van der Waals surface area contributed by atoms with Crippen molar-refractivity contribution in [1.82, 2.24) is 0 Å². The van der Waals surface area contributed by atoms with Gasteiger partial charge >= 0.3 is 0 Å². The monoisotopic (exact) mass is 265 g/mol. The first kappa shape index (κ1) is 15.1.